The molecule has 0 spiro atoms. The van der Waals surface area contributed by atoms with E-state index < -0.39 is 40.7 Å². The van der Waals surface area contributed by atoms with E-state index in [4.69, 9.17) is 15.2 Å². The molecule has 11 heteroatoms. The number of halogens is 6. The molecule has 0 bridgehead atoms. The van der Waals surface area contributed by atoms with Crippen LogP contribution in [0.5, 0.6) is 0 Å². The van der Waals surface area contributed by atoms with Crippen molar-refractivity contribution in [3.63, 3.8) is 0 Å². The molecule has 218 valence electrons. The predicted octanol–water partition coefficient (Wildman–Crippen LogP) is 6.65. The second-order valence-electron chi connectivity index (χ2n) is 9.81. The Labute approximate surface area is 225 Å². The van der Waals surface area contributed by atoms with Crippen molar-refractivity contribution in [2.24, 2.45) is 5.73 Å². The lowest BCUT2D eigenvalue weighted by atomic mass is 9.75. The second kappa shape index (κ2) is 13.1. The molecule has 0 aliphatic carbocycles. The third-order valence-corrected chi connectivity index (χ3v) is 6.84. The minimum absolute atomic E-state index is 0.0846. The molecule has 0 radical (unpaired) electrons. The highest BCUT2D eigenvalue weighted by Crippen LogP contribution is 2.39. The first kappa shape index (κ1) is 32.6. The maximum Gasteiger partial charge on any atom is 0.416 e. The Balaban J connectivity index is 2.27. The summed E-state index contributed by atoms with van der Waals surface area (Å²) in [5.41, 5.74) is 2.48. The molecule has 1 aliphatic heterocycles. The van der Waals surface area contributed by atoms with Gasteiger partial charge in [-0.25, -0.2) is 0 Å². The van der Waals surface area contributed by atoms with Gasteiger partial charge in [-0.15, -0.1) is 0 Å². The minimum Gasteiger partial charge on any atom is -0.466 e. The van der Waals surface area contributed by atoms with Gasteiger partial charge in [0.2, 0.25) is 0 Å². The first-order chi connectivity index (χ1) is 18.0. The third kappa shape index (κ3) is 9.22. The van der Waals surface area contributed by atoms with E-state index >= 15 is 0 Å². The predicted molar refractivity (Wildman–Crippen MR) is 137 cm³/mol. The lowest BCUT2D eigenvalue weighted by Gasteiger charge is -2.46. The third-order valence-electron chi connectivity index (χ3n) is 6.84. The van der Waals surface area contributed by atoms with E-state index in [0.717, 1.165) is 0 Å². The van der Waals surface area contributed by atoms with Gasteiger partial charge in [0.25, 0.3) is 0 Å². The van der Waals surface area contributed by atoms with Crippen molar-refractivity contribution in [1.82, 2.24) is 5.32 Å². The number of esters is 1. The summed E-state index contributed by atoms with van der Waals surface area (Å²) in [5.74, 6) is -0.352. The quantitative estimate of drug-likeness (QED) is 0.179. The highest BCUT2D eigenvalue weighted by atomic mass is 19.4. The number of carbonyl (C=O) groups is 1. The van der Waals surface area contributed by atoms with E-state index in [1.165, 1.54) is 6.92 Å². The first-order valence-electron chi connectivity index (χ1n) is 12.6. The molecular weight excluding hydrogens is 526 g/mol. The topological polar surface area (TPSA) is 73.6 Å². The fraction of sp³-hybridized carbons (Fsp3) is 0.536. The van der Waals surface area contributed by atoms with Crippen LogP contribution >= 0.6 is 0 Å². The van der Waals surface area contributed by atoms with Crippen molar-refractivity contribution in [1.29, 1.82) is 0 Å². The summed E-state index contributed by atoms with van der Waals surface area (Å²) in [6.07, 6.45) is -2.48. The van der Waals surface area contributed by atoms with Gasteiger partial charge in [-0.1, -0.05) is 30.9 Å². The Morgan fingerprint density at radius 3 is 2.23 bits per heavy atom. The molecule has 1 aromatic carbocycles. The van der Waals surface area contributed by atoms with E-state index in [1.54, 1.807) is 25.2 Å². The van der Waals surface area contributed by atoms with Gasteiger partial charge < -0.3 is 20.5 Å². The van der Waals surface area contributed by atoms with E-state index in [-0.39, 0.29) is 43.8 Å². The van der Waals surface area contributed by atoms with Crippen LogP contribution in [0, 0.1) is 0 Å². The van der Waals surface area contributed by atoms with E-state index in [1.807, 2.05) is 13.0 Å². The van der Waals surface area contributed by atoms with Crippen LogP contribution in [-0.4, -0.2) is 36.8 Å². The van der Waals surface area contributed by atoms with Gasteiger partial charge in [-0.2, -0.15) is 26.3 Å². The van der Waals surface area contributed by atoms with Crippen LogP contribution in [0.15, 0.2) is 54.7 Å². The molecular formula is C28H36F6N2O3. The van der Waals surface area contributed by atoms with Crippen molar-refractivity contribution < 1.29 is 40.6 Å². The Morgan fingerprint density at radius 1 is 1.13 bits per heavy atom. The molecule has 0 amide bonds. The van der Waals surface area contributed by atoms with Crippen LogP contribution < -0.4 is 11.1 Å². The minimum atomic E-state index is -4.96. The van der Waals surface area contributed by atoms with Crippen molar-refractivity contribution in [3.05, 3.63) is 71.3 Å². The lowest BCUT2D eigenvalue weighted by molar-refractivity contribution is -0.144. The molecule has 1 saturated heterocycles. The van der Waals surface area contributed by atoms with Gasteiger partial charge in [0.15, 0.2) is 0 Å². The maximum absolute atomic E-state index is 13.3. The van der Waals surface area contributed by atoms with Gasteiger partial charge in [0.1, 0.15) is 0 Å². The number of nitrogens with two attached hydrogens (primary N) is 1. The van der Waals surface area contributed by atoms with Crippen LogP contribution in [0.25, 0.3) is 0 Å². The summed E-state index contributed by atoms with van der Waals surface area (Å²) < 4.78 is 90.9. The largest absolute Gasteiger partial charge is 0.466 e. The number of piperidine rings is 1. The fourth-order valence-corrected chi connectivity index (χ4v) is 4.29. The molecule has 0 unspecified atom stereocenters. The van der Waals surface area contributed by atoms with Gasteiger partial charge in [-0.05, 0) is 69.4 Å². The van der Waals surface area contributed by atoms with Crippen LogP contribution in [0.2, 0.25) is 0 Å². The SMILES string of the molecule is C=C(/C=C\C=C/C)[C@]1(CO[C@H](C)c2cc(C(F)(F)F)cc(C(F)(F)F)c2)CC[C@](N)(CCC(=O)OCC)CN1. The maximum atomic E-state index is 13.3. The van der Waals surface area contributed by atoms with E-state index in [0.29, 0.717) is 37.0 Å². The molecule has 0 aromatic heterocycles. The highest BCUT2D eigenvalue weighted by molar-refractivity contribution is 5.69. The number of allylic oxidation sites excluding steroid dienone is 3. The van der Waals surface area contributed by atoms with Crippen molar-refractivity contribution in [2.75, 3.05) is 19.8 Å². The average Bonchev–Trinajstić information content (AvgIpc) is 2.86. The molecule has 0 saturated carbocycles. The molecule has 1 aliphatic rings. The summed E-state index contributed by atoms with van der Waals surface area (Å²) in [7, 11) is 0. The molecule has 5 nitrogen and oxygen atoms in total. The van der Waals surface area contributed by atoms with E-state index in [9.17, 15) is 31.1 Å². The van der Waals surface area contributed by atoms with Crippen LogP contribution in [0.1, 0.15) is 69.2 Å². The average molecular weight is 563 g/mol. The number of hydrogen-bond donors (Lipinski definition) is 2. The molecule has 39 heavy (non-hydrogen) atoms. The number of nitrogens with one attached hydrogen (secondary N) is 1. The number of benzene rings is 1. The fourth-order valence-electron chi connectivity index (χ4n) is 4.29. The molecule has 1 fully saturated rings. The molecule has 3 atom stereocenters. The summed E-state index contributed by atoms with van der Waals surface area (Å²) >= 11 is 0. The van der Waals surface area contributed by atoms with Crippen molar-refractivity contribution >= 4 is 5.97 Å². The van der Waals surface area contributed by atoms with Gasteiger partial charge in [-0.3, -0.25) is 4.79 Å². The Hall–Kier alpha value is -2.63. The first-order valence-corrected chi connectivity index (χ1v) is 12.6. The van der Waals surface area contributed by atoms with Crippen LogP contribution in [0.3, 0.4) is 0 Å². The summed E-state index contributed by atoms with van der Waals surface area (Å²) in [4.78, 5) is 11.8. The molecule has 3 N–H and O–H groups in total. The molecule has 1 heterocycles. The number of ether oxygens (including phenoxy) is 2. The second-order valence-corrected chi connectivity index (χ2v) is 9.81. The normalized spacial score (nSPS) is 23.3. The number of rotatable bonds is 11. The van der Waals surface area contributed by atoms with Crippen molar-refractivity contribution in [2.45, 2.75) is 76.0 Å². The zero-order valence-corrected chi connectivity index (χ0v) is 22.3. The zero-order valence-electron chi connectivity index (χ0n) is 22.3. The molecule has 2 rings (SSSR count). The van der Waals surface area contributed by atoms with Crippen LogP contribution in [-0.2, 0) is 26.6 Å². The molecule has 1 aromatic rings. The Kier molecular flexibility index (Phi) is 11.0. The van der Waals surface area contributed by atoms with Crippen LogP contribution in [0.4, 0.5) is 26.3 Å². The Bertz CT molecular complexity index is 1020. The zero-order chi connectivity index (χ0) is 29.5. The monoisotopic (exact) mass is 562 g/mol. The lowest BCUT2D eigenvalue weighted by Crippen LogP contribution is -2.63. The smallest absolute Gasteiger partial charge is 0.416 e. The van der Waals surface area contributed by atoms with Gasteiger partial charge in [0, 0.05) is 18.5 Å². The van der Waals surface area contributed by atoms with Crippen molar-refractivity contribution in [3.8, 4) is 0 Å². The van der Waals surface area contributed by atoms with Gasteiger partial charge >= 0.3 is 18.3 Å². The summed E-state index contributed by atoms with van der Waals surface area (Å²) in [5, 5.41) is 3.35. The number of alkyl halides is 6. The standard InChI is InChI=1S/C28H36F6N2O3/c1-5-7-8-9-19(3)26(13-12-25(35,17-36-26)11-10-24(37)38-6-2)18-39-20(4)21-14-22(27(29,30)31)16-23(15-21)28(32,33)34/h5,7-9,14-16,20,36H,3,6,10-13,17-18,35H2,1-2,4H3/b7-5-,9-8-/t20-,25-,26-/m1/s1. The van der Waals surface area contributed by atoms with E-state index in [2.05, 4.69) is 11.9 Å². The summed E-state index contributed by atoms with van der Waals surface area (Å²) in [6.45, 7) is 9.55. The number of hydrogen-bond acceptors (Lipinski definition) is 5. The Morgan fingerprint density at radius 2 is 1.74 bits per heavy atom. The summed E-state index contributed by atoms with van der Waals surface area (Å²) in [6, 6.07) is 1.43. The number of carbonyl (C=O) groups excluding carboxylic acids is 1. The van der Waals surface area contributed by atoms with Gasteiger partial charge in [0.05, 0.1) is 36.0 Å². The highest BCUT2D eigenvalue weighted by Gasteiger charge is 2.43.